The van der Waals surface area contributed by atoms with Gasteiger partial charge in [0.25, 0.3) is 0 Å². The molecule has 2 amide bonds. The molecule has 1 saturated heterocycles. The summed E-state index contributed by atoms with van der Waals surface area (Å²) < 4.78 is 0. The molecular weight excluding hydrogens is 236 g/mol. The Hall–Kier alpha value is -1.30. The van der Waals surface area contributed by atoms with Crippen LogP contribution in [0.5, 0.6) is 0 Å². The van der Waals surface area contributed by atoms with Crippen LogP contribution in [0.4, 0.5) is 4.79 Å². The minimum atomic E-state index is -1.29. The predicted molar refractivity (Wildman–Crippen MR) is 56.4 cm³/mol. The van der Waals surface area contributed by atoms with Crippen molar-refractivity contribution < 1.29 is 19.5 Å². The molecule has 2 atom stereocenters. The van der Waals surface area contributed by atoms with Crippen LogP contribution in [0.1, 0.15) is 12.8 Å². The molecule has 0 bridgehead atoms. The summed E-state index contributed by atoms with van der Waals surface area (Å²) in [5.41, 5.74) is 0. The maximum Gasteiger partial charge on any atom is 0.405 e. The minimum absolute atomic E-state index is 0.139. The third-order valence-electron chi connectivity index (χ3n) is 2.50. The molecule has 1 rings (SSSR count). The molecule has 0 aromatic heterocycles. The van der Waals surface area contributed by atoms with E-state index in [0.29, 0.717) is 13.0 Å². The number of ketones is 1. The van der Waals surface area contributed by atoms with Crippen LogP contribution in [-0.4, -0.2) is 41.4 Å². The molecule has 0 spiro atoms. The molecule has 0 aromatic carbocycles. The van der Waals surface area contributed by atoms with Crippen LogP contribution in [-0.2, 0) is 9.59 Å². The highest BCUT2D eigenvalue weighted by atomic mass is 35.5. The predicted octanol–water partition coefficient (Wildman–Crippen LogP) is -0.0433. The summed E-state index contributed by atoms with van der Waals surface area (Å²) in [7, 11) is 0. The molecule has 1 aliphatic rings. The van der Waals surface area contributed by atoms with Gasteiger partial charge < -0.3 is 15.7 Å². The Kier molecular flexibility index (Phi) is 4.54. The summed E-state index contributed by atoms with van der Waals surface area (Å²) in [6, 6.07) is -0.899. The van der Waals surface area contributed by atoms with E-state index in [-0.39, 0.29) is 24.1 Å². The van der Waals surface area contributed by atoms with Crippen LogP contribution in [0, 0.1) is 5.92 Å². The lowest BCUT2D eigenvalue weighted by molar-refractivity contribution is -0.123. The zero-order valence-corrected chi connectivity index (χ0v) is 9.29. The van der Waals surface area contributed by atoms with Crippen LogP contribution in [0.25, 0.3) is 0 Å². The number of hydrogen-bond acceptors (Lipinski definition) is 3. The Morgan fingerprint density at radius 3 is 2.75 bits per heavy atom. The molecule has 16 heavy (non-hydrogen) atoms. The first-order valence-corrected chi connectivity index (χ1v) is 5.44. The fraction of sp³-hybridized carbons (Fsp3) is 0.667. The van der Waals surface area contributed by atoms with E-state index in [9.17, 15) is 14.4 Å². The van der Waals surface area contributed by atoms with Crippen molar-refractivity contribution in [2.45, 2.75) is 18.9 Å². The molecule has 90 valence electrons. The first-order chi connectivity index (χ1) is 7.54. The Labute approximate surface area is 97.3 Å². The summed E-state index contributed by atoms with van der Waals surface area (Å²) in [5.74, 6) is -1.13. The molecule has 6 nitrogen and oxygen atoms in total. The van der Waals surface area contributed by atoms with Crippen molar-refractivity contribution in [2.24, 2.45) is 5.92 Å². The molecule has 2 unspecified atom stereocenters. The van der Waals surface area contributed by atoms with E-state index in [2.05, 4.69) is 10.6 Å². The first kappa shape index (κ1) is 12.8. The first-order valence-electron chi connectivity index (χ1n) is 4.90. The third-order valence-corrected chi connectivity index (χ3v) is 2.76. The van der Waals surface area contributed by atoms with Crippen LogP contribution in [0.2, 0.25) is 0 Å². The second-order valence-electron chi connectivity index (χ2n) is 3.61. The highest BCUT2D eigenvalue weighted by molar-refractivity contribution is 6.28. The number of hydrogen-bond donors (Lipinski definition) is 3. The normalized spacial score (nSPS) is 21.3. The number of halogens is 1. The van der Waals surface area contributed by atoms with Gasteiger partial charge in [-0.15, -0.1) is 11.6 Å². The van der Waals surface area contributed by atoms with Crippen LogP contribution < -0.4 is 10.6 Å². The number of Topliss-reactive ketones (excluding diaryl/α,β-unsaturated/α-hetero) is 1. The Morgan fingerprint density at radius 2 is 2.31 bits per heavy atom. The van der Waals surface area contributed by atoms with Crippen molar-refractivity contribution in [3.63, 3.8) is 0 Å². The Bertz CT molecular complexity index is 308. The van der Waals surface area contributed by atoms with Gasteiger partial charge in [0.2, 0.25) is 5.91 Å². The molecule has 0 saturated carbocycles. The highest BCUT2D eigenvalue weighted by Crippen LogP contribution is 2.16. The molecule has 7 heteroatoms. The monoisotopic (exact) mass is 248 g/mol. The van der Waals surface area contributed by atoms with E-state index in [1.165, 1.54) is 0 Å². The minimum Gasteiger partial charge on any atom is -0.465 e. The van der Waals surface area contributed by atoms with Gasteiger partial charge in [-0.1, -0.05) is 0 Å². The number of rotatable bonds is 5. The number of amides is 2. The largest absolute Gasteiger partial charge is 0.465 e. The van der Waals surface area contributed by atoms with E-state index < -0.39 is 17.9 Å². The second kappa shape index (κ2) is 5.69. The fourth-order valence-electron chi connectivity index (χ4n) is 1.67. The van der Waals surface area contributed by atoms with Crippen molar-refractivity contribution in [1.82, 2.24) is 10.6 Å². The lowest BCUT2D eigenvalue weighted by Gasteiger charge is -2.17. The van der Waals surface area contributed by atoms with Gasteiger partial charge in [0.1, 0.15) is 0 Å². The topological polar surface area (TPSA) is 95.5 Å². The summed E-state index contributed by atoms with van der Waals surface area (Å²) >= 11 is 5.37. The van der Waals surface area contributed by atoms with E-state index >= 15 is 0 Å². The summed E-state index contributed by atoms with van der Waals surface area (Å²) in [6.45, 7) is 0.568. The standard InChI is InChI=1S/C9H13ClN2O4/c10-4-7(13)6(12-9(15)16)3-5-1-2-11-8(5)14/h5-6,12H,1-4H2,(H,11,14)(H,15,16). The van der Waals surface area contributed by atoms with E-state index in [1.54, 1.807) is 0 Å². The fourth-order valence-corrected chi connectivity index (χ4v) is 1.85. The number of nitrogens with one attached hydrogen (secondary N) is 2. The van der Waals surface area contributed by atoms with Crippen molar-refractivity contribution >= 4 is 29.4 Å². The number of carboxylic acid groups (broad SMARTS) is 1. The highest BCUT2D eigenvalue weighted by Gasteiger charge is 2.30. The number of carbonyl (C=O) groups excluding carboxylic acids is 2. The molecular formula is C9H13ClN2O4. The van der Waals surface area contributed by atoms with Crippen molar-refractivity contribution in [3.8, 4) is 0 Å². The smallest absolute Gasteiger partial charge is 0.405 e. The van der Waals surface area contributed by atoms with Gasteiger partial charge in [-0.2, -0.15) is 0 Å². The maximum atomic E-state index is 11.4. The van der Waals surface area contributed by atoms with Crippen LogP contribution in [0.15, 0.2) is 0 Å². The average Bonchev–Trinajstić information content (AvgIpc) is 2.61. The third kappa shape index (κ3) is 3.37. The van der Waals surface area contributed by atoms with Gasteiger partial charge in [-0.3, -0.25) is 9.59 Å². The summed E-state index contributed by atoms with van der Waals surface area (Å²) in [5, 5.41) is 13.3. The van der Waals surface area contributed by atoms with Crippen molar-refractivity contribution in [2.75, 3.05) is 12.4 Å². The number of carbonyl (C=O) groups is 3. The Balaban J connectivity index is 2.58. The lowest BCUT2D eigenvalue weighted by Crippen LogP contribution is -2.42. The lowest BCUT2D eigenvalue weighted by atomic mass is 9.96. The van der Waals surface area contributed by atoms with Gasteiger partial charge >= 0.3 is 6.09 Å². The van der Waals surface area contributed by atoms with Crippen LogP contribution >= 0.6 is 11.6 Å². The quantitative estimate of drug-likeness (QED) is 0.595. The number of alkyl halides is 1. The molecule has 1 aliphatic heterocycles. The molecule has 1 fully saturated rings. The second-order valence-corrected chi connectivity index (χ2v) is 3.88. The molecule has 3 N–H and O–H groups in total. The SMILES string of the molecule is O=C(O)NC(CC1CCNC1=O)C(=O)CCl. The molecule has 1 heterocycles. The average molecular weight is 249 g/mol. The van der Waals surface area contributed by atoms with Gasteiger partial charge in [0, 0.05) is 12.5 Å². The van der Waals surface area contributed by atoms with E-state index in [0.717, 1.165) is 0 Å². The van der Waals surface area contributed by atoms with Crippen LogP contribution in [0.3, 0.4) is 0 Å². The van der Waals surface area contributed by atoms with Gasteiger partial charge in [0.15, 0.2) is 5.78 Å². The summed E-state index contributed by atoms with van der Waals surface area (Å²) in [6.07, 6.45) is -0.502. The van der Waals surface area contributed by atoms with Gasteiger partial charge in [-0.05, 0) is 12.8 Å². The molecule has 0 aliphatic carbocycles. The van der Waals surface area contributed by atoms with E-state index in [4.69, 9.17) is 16.7 Å². The van der Waals surface area contributed by atoms with Crippen molar-refractivity contribution in [1.29, 1.82) is 0 Å². The van der Waals surface area contributed by atoms with Gasteiger partial charge in [-0.25, -0.2) is 4.79 Å². The zero-order chi connectivity index (χ0) is 12.1. The van der Waals surface area contributed by atoms with E-state index in [1.807, 2.05) is 0 Å². The van der Waals surface area contributed by atoms with Gasteiger partial charge in [0.05, 0.1) is 11.9 Å². The maximum absolute atomic E-state index is 11.4. The zero-order valence-electron chi connectivity index (χ0n) is 8.53. The Morgan fingerprint density at radius 1 is 1.62 bits per heavy atom. The van der Waals surface area contributed by atoms with Crippen molar-refractivity contribution in [3.05, 3.63) is 0 Å². The molecule has 0 radical (unpaired) electrons. The summed E-state index contributed by atoms with van der Waals surface area (Å²) in [4.78, 5) is 33.1. The molecule has 0 aromatic rings.